The van der Waals surface area contributed by atoms with Crippen molar-refractivity contribution in [2.75, 3.05) is 19.6 Å². The van der Waals surface area contributed by atoms with Crippen LogP contribution in [0.4, 0.5) is 0 Å². The fourth-order valence-electron chi connectivity index (χ4n) is 5.46. The van der Waals surface area contributed by atoms with Crippen molar-refractivity contribution in [3.05, 3.63) is 89.5 Å². The first-order chi connectivity index (χ1) is 16.6. The molecule has 2 aromatic carbocycles. The number of aryl methyl sites for hydroxylation is 1. The summed E-state index contributed by atoms with van der Waals surface area (Å²) in [5.41, 5.74) is 3.50. The minimum absolute atomic E-state index is 0.0440. The summed E-state index contributed by atoms with van der Waals surface area (Å²) >= 11 is 0. The highest BCUT2D eigenvalue weighted by atomic mass is 16.2. The number of hydrogen-bond donors (Lipinski definition) is 2. The number of nitrogens with one attached hydrogen (secondary N) is 2. The number of amides is 2. The van der Waals surface area contributed by atoms with Crippen LogP contribution in [0.5, 0.6) is 0 Å². The number of piperidine rings is 1. The van der Waals surface area contributed by atoms with E-state index in [-0.39, 0.29) is 29.1 Å². The van der Waals surface area contributed by atoms with Crippen LogP contribution in [0.25, 0.3) is 0 Å². The van der Waals surface area contributed by atoms with E-state index in [1.165, 1.54) is 11.1 Å². The molecule has 2 N–H and O–H groups in total. The monoisotopic (exact) mass is 456 g/mol. The number of aromatic amines is 1. The molecule has 1 spiro atoms. The van der Waals surface area contributed by atoms with Crippen LogP contribution in [-0.4, -0.2) is 46.3 Å². The molecular weight excluding hydrogens is 424 g/mol. The smallest absolute Gasteiger partial charge is 0.289 e. The maximum atomic E-state index is 13.0. The molecule has 5 rings (SSSR count). The molecule has 6 heteroatoms. The third kappa shape index (κ3) is 4.63. The van der Waals surface area contributed by atoms with Gasteiger partial charge in [-0.25, -0.2) is 4.98 Å². The number of likely N-dealkylation sites (tertiary alicyclic amines) is 1. The number of rotatable bonds is 7. The molecule has 0 radical (unpaired) electrons. The number of hydrogen-bond acceptors (Lipinski definition) is 3. The average Bonchev–Trinajstić information content (AvgIpc) is 3.40. The highest BCUT2D eigenvalue weighted by molar-refractivity contribution is 5.90. The highest BCUT2D eigenvalue weighted by Crippen LogP contribution is 2.59. The van der Waals surface area contributed by atoms with Crippen molar-refractivity contribution in [3.8, 4) is 0 Å². The third-order valence-electron chi connectivity index (χ3n) is 7.59. The fourth-order valence-corrected chi connectivity index (χ4v) is 5.46. The summed E-state index contributed by atoms with van der Waals surface area (Å²) in [6.07, 6.45) is 5.24. The second-order valence-electron chi connectivity index (χ2n) is 9.78. The minimum Gasteiger partial charge on any atom is -0.356 e. The average molecular weight is 457 g/mol. The zero-order valence-corrected chi connectivity index (χ0v) is 19.7. The van der Waals surface area contributed by atoms with Gasteiger partial charge in [0, 0.05) is 43.4 Å². The van der Waals surface area contributed by atoms with E-state index in [2.05, 4.69) is 63.8 Å². The van der Waals surface area contributed by atoms with E-state index in [9.17, 15) is 9.59 Å². The maximum Gasteiger partial charge on any atom is 0.289 e. The lowest BCUT2D eigenvalue weighted by molar-refractivity contribution is -0.123. The quantitative estimate of drug-likeness (QED) is 0.556. The first-order valence-electron chi connectivity index (χ1n) is 12.2. The first-order valence-corrected chi connectivity index (χ1v) is 12.2. The van der Waals surface area contributed by atoms with Gasteiger partial charge in [0.05, 0.1) is 0 Å². The second-order valence-corrected chi connectivity index (χ2v) is 9.78. The van der Waals surface area contributed by atoms with Crippen LogP contribution >= 0.6 is 0 Å². The number of carbonyl (C=O) groups excluding carboxylic acids is 2. The summed E-state index contributed by atoms with van der Waals surface area (Å²) in [5, 5.41) is 3.21. The van der Waals surface area contributed by atoms with Gasteiger partial charge in [0.2, 0.25) is 5.91 Å². The Labute approximate surface area is 200 Å². The topological polar surface area (TPSA) is 78.1 Å². The number of H-pyrrole nitrogens is 1. The standard InChI is InChI=1S/C28H32N4O2/c1-20-19-30-25(31-20)27(34)32-16-13-28(14-17-32)18-24(28)26(33)29-15-12-23(21-8-4-2-5-9-21)22-10-6-3-7-11-22/h2-11,19,23-24H,12-18H2,1H3,(H,29,33)(H,30,31)/t24-/m0/s1. The second kappa shape index (κ2) is 9.45. The van der Waals surface area contributed by atoms with Gasteiger partial charge in [-0.2, -0.15) is 0 Å². The third-order valence-corrected chi connectivity index (χ3v) is 7.59. The Morgan fingerprint density at radius 2 is 1.68 bits per heavy atom. The van der Waals surface area contributed by atoms with Gasteiger partial charge in [-0.05, 0) is 49.1 Å². The maximum absolute atomic E-state index is 13.0. The molecule has 1 saturated heterocycles. The van der Waals surface area contributed by atoms with Crippen LogP contribution in [0.2, 0.25) is 0 Å². The van der Waals surface area contributed by atoms with E-state index in [1.807, 2.05) is 24.0 Å². The van der Waals surface area contributed by atoms with Crippen LogP contribution in [0.3, 0.4) is 0 Å². The molecule has 176 valence electrons. The van der Waals surface area contributed by atoms with Gasteiger partial charge in [-0.15, -0.1) is 0 Å². The van der Waals surface area contributed by atoms with Crippen LogP contribution in [-0.2, 0) is 4.79 Å². The highest BCUT2D eigenvalue weighted by Gasteiger charge is 2.58. The summed E-state index contributed by atoms with van der Waals surface area (Å²) in [6, 6.07) is 21.0. The van der Waals surface area contributed by atoms with Crippen LogP contribution < -0.4 is 5.32 Å². The molecule has 0 bridgehead atoms. The van der Waals surface area contributed by atoms with Crippen molar-refractivity contribution < 1.29 is 9.59 Å². The lowest BCUT2D eigenvalue weighted by Crippen LogP contribution is -2.41. The van der Waals surface area contributed by atoms with Gasteiger partial charge in [-0.1, -0.05) is 60.7 Å². The predicted molar refractivity (Wildman–Crippen MR) is 131 cm³/mol. The van der Waals surface area contributed by atoms with Gasteiger partial charge in [0.25, 0.3) is 5.91 Å². The summed E-state index contributed by atoms with van der Waals surface area (Å²) in [6.45, 7) is 3.92. The molecule has 1 saturated carbocycles. The lowest BCUT2D eigenvalue weighted by Gasteiger charge is -2.32. The van der Waals surface area contributed by atoms with Crippen molar-refractivity contribution in [2.24, 2.45) is 11.3 Å². The van der Waals surface area contributed by atoms with Crippen molar-refractivity contribution in [2.45, 2.75) is 38.5 Å². The molecule has 2 fully saturated rings. The Bertz CT molecular complexity index is 1090. The number of benzene rings is 2. The molecule has 1 aliphatic carbocycles. The molecule has 1 aliphatic heterocycles. The fraction of sp³-hybridized carbons (Fsp3) is 0.393. The van der Waals surface area contributed by atoms with E-state index >= 15 is 0 Å². The van der Waals surface area contributed by atoms with Crippen molar-refractivity contribution in [1.82, 2.24) is 20.2 Å². The van der Waals surface area contributed by atoms with Gasteiger partial charge >= 0.3 is 0 Å². The summed E-state index contributed by atoms with van der Waals surface area (Å²) < 4.78 is 0. The molecule has 0 unspecified atom stereocenters. The molecule has 1 aromatic heterocycles. The molecule has 1 atom stereocenters. The number of aromatic nitrogens is 2. The number of imidazole rings is 1. The van der Waals surface area contributed by atoms with Gasteiger partial charge < -0.3 is 15.2 Å². The van der Waals surface area contributed by atoms with E-state index < -0.39 is 0 Å². The van der Waals surface area contributed by atoms with Gasteiger partial charge in [0.1, 0.15) is 0 Å². The van der Waals surface area contributed by atoms with E-state index in [4.69, 9.17) is 0 Å². The van der Waals surface area contributed by atoms with E-state index in [0.29, 0.717) is 25.5 Å². The summed E-state index contributed by atoms with van der Waals surface area (Å²) in [4.78, 5) is 34.7. The predicted octanol–water partition coefficient (Wildman–Crippen LogP) is 4.30. The van der Waals surface area contributed by atoms with Crippen LogP contribution in [0.15, 0.2) is 66.9 Å². The molecular formula is C28H32N4O2. The molecule has 3 aromatic rings. The van der Waals surface area contributed by atoms with Crippen molar-refractivity contribution in [1.29, 1.82) is 0 Å². The molecule has 34 heavy (non-hydrogen) atoms. The van der Waals surface area contributed by atoms with Crippen LogP contribution in [0, 0.1) is 18.3 Å². The Morgan fingerprint density at radius 3 is 2.24 bits per heavy atom. The zero-order chi connectivity index (χ0) is 23.5. The summed E-state index contributed by atoms with van der Waals surface area (Å²) in [5.74, 6) is 0.863. The largest absolute Gasteiger partial charge is 0.356 e. The SMILES string of the molecule is Cc1cnc(C(=O)N2CCC3(CC2)C[C@H]3C(=O)NCCC(c2ccccc2)c2ccccc2)[nH]1. The number of carbonyl (C=O) groups is 2. The lowest BCUT2D eigenvalue weighted by atomic mass is 9.88. The first kappa shape index (κ1) is 22.4. The summed E-state index contributed by atoms with van der Waals surface area (Å²) in [7, 11) is 0. The normalized spacial score (nSPS) is 18.8. The molecule has 2 amide bonds. The zero-order valence-electron chi connectivity index (χ0n) is 19.7. The minimum atomic E-state index is -0.0440. The van der Waals surface area contributed by atoms with Crippen molar-refractivity contribution in [3.63, 3.8) is 0 Å². The van der Waals surface area contributed by atoms with Crippen molar-refractivity contribution >= 4 is 11.8 Å². The molecule has 6 nitrogen and oxygen atoms in total. The Hall–Kier alpha value is -3.41. The van der Waals surface area contributed by atoms with E-state index in [1.54, 1.807) is 6.20 Å². The molecule has 2 aliphatic rings. The van der Waals surface area contributed by atoms with E-state index in [0.717, 1.165) is 31.4 Å². The Kier molecular flexibility index (Phi) is 6.22. The van der Waals surface area contributed by atoms with Gasteiger partial charge in [-0.3, -0.25) is 9.59 Å². The molecule has 2 heterocycles. The Balaban J connectivity index is 1.13. The number of nitrogens with zero attached hydrogens (tertiary/aromatic N) is 2. The van der Waals surface area contributed by atoms with Crippen LogP contribution in [0.1, 0.15) is 59.0 Å². The van der Waals surface area contributed by atoms with Gasteiger partial charge in [0.15, 0.2) is 5.82 Å². The Morgan fingerprint density at radius 1 is 1.06 bits per heavy atom.